The van der Waals surface area contributed by atoms with E-state index in [1.54, 1.807) is 6.20 Å². The third kappa shape index (κ3) is 2.89. The Morgan fingerprint density at radius 3 is 2.65 bits per heavy atom. The topological polar surface area (TPSA) is 37.8 Å². The van der Waals surface area contributed by atoms with E-state index < -0.39 is 0 Å². The lowest BCUT2D eigenvalue weighted by Crippen LogP contribution is -2.42. The zero-order chi connectivity index (χ0) is 12.3. The van der Waals surface area contributed by atoms with Crippen molar-refractivity contribution < 1.29 is 0 Å². The Labute approximate surface area is 108 Å². The summed E-state index contributed by atoms with van der Waals surface area (Å²) >= 11 is 6.17. The van der Waals surface area contributed by atoms with Gasteiger partial charge in [-0.1, -0.05) is 19.3 Å². The third-order valence-electron chi connectivity index (χ3n) is 3.53. The number of halogens is 1. The number of rotatable bonds is 3. The van der Waals surface area contributed by atoms with Crippen LogP contribution in [-0.4, -0.2) is 21.4 Å². The van der Waals surface area contributed by atoms with E-state index in [-0.39, 0.29) is 5.54 Å². The molecule has 4 heteroatoms. The Bertz CT molecular complexity index is 386. The highest BCUT2D eigenvalue weighted by atomic mass is 35.5. The molecule has 1 heterocycles. The molecule has 2 rings (SSSR count). The molecule has 1 aliphatic rings. The molecule has 1 fully saturated rings. The van der Waals surface area contributed by atoms with Gasteiger partial charge in [0.1, 0.15) is 5.82 Å². The number of nitrogens with one attached hydrogen (secondary N) is 1. The molecule has 1 aliphatic carbocycles. The van der Waals surface area contributed by atoms with E-state index in [0.29, 0.717) is 5.88 Å². The minimum Gasteiger partial charge on any atom is -0.362 e. The fourth-order valence-electron chi connectivity index (χ4n) is 2.43. The van der Waals surface area contributed by atoms with Crippen LogP contribution in [0.25, 0.3) is 0 Å². The number of aryl methyl sites for hydroxylation is 2. The number of alkyl halides is 1. The number of aromatic nitrogens is 2. The number of anilines is 1. The van der Waals surface area contributed by atoms with Crippen molar-refractivity contribution >= 4 is 17.4 Å². The lowest BCUT2D eigenvalue weighted by Gasteiger charge is -2.37. The van der Waals surface area contributed by atoms with Gasteiger partial charge in [-0.15, -0.1) is 11.6 Å². The molecule has 17 heavy (non-hydrogen) atoms. The monoisotopic (exact) mass is 253 g/mol. The van der Waals surface area contributed by atoms with E-state index in [1.165, 1.54) is 19.3 Å². The highest BCUT2D eigenvalue weighted by Gasteiger charge is 2.31. The Morgan fingerprint density at radius 2 is 2.00 bits per heavy atom. The van der Waals surface area contributed by atoms with Gasteiger partial charge in [-0.05, 0) is 26.7 Å². The summed E-state index contributed by atoms with van der Waals surface area (Å²) in [5, 5.41) is 3.55. The largest absolute Gasteiger partial charge is 0.362 e. The molecule has 0 radical (unpaired) electrons. The van der Waals surface area contributed by atoms with Crippen LogP contribution in [0.2, 0.25) is 0 Å². The Morgan fingerprint density at radius 1 is 1.29 bits per heavy atom. The minimum absolute atomic E-state index is 0.0209. The molecule has 1 N–H and O–H groups in total. The molecule has 3 nitrogen and oxygen atoms in total. The summed E-state index contributed by atoms with van der Waals surface area (Å²) in [6.07, 6.45) is 7.88. The van der Waals surface area contributed by atoms with E-state index in [9.17, 15) is 0 Å². The normalized spacial score (nSPS) is 19.0. The standard InChI is InChI=1S/C13H20ClN3/c1-10-8-15-11(2)12(16-10)17-13(9-14)6-4-3-5-7-13/h8H,3-7,9H2,1-2H3,(H,16,17). The Kier molecular flexibility index (Phi) is 3.87. The molecule has 0 aliphatic heterocycles. The smallest absolute Gasteiger partial charge is 0.148 e. The van der Waals surface area contributed by atoms with E-state index in [2.05, 4.69) is 15.3 Å². The summed E-state index contributed by atoms with van der Waals surface area (Å²) in [5.74, 6) is 1.54. The predicted molar refractivity (Wildman–Crippen MR) is 71.7 cm³/mol. The highest BCUT2D eigenvalue weighted by molar-refractivity contribution is 6.18. The fraction of sp³-hybridized carbons (Fsp3) is 0.692. The maximum absolute atomic E-state index is 6.17. The van der Waals surface area contributed by atoms with Crippen LogP contribution in [-0.2, 0) is 0 Å². The second-order valence-corrected chi connectivity index (χ2v) is 5.31. The molecule has 0 amide bonds. The van der Waals surface area contributed by atoms with Crippen LogP contribution in [0.1, 0.15) is 43.5 Å². The number of hydrogen-bond donors (Lipinski definition) is 1. The second kappa shape index (κ2) is 5.21. The molecule has 0 spiro atoms. The van der Waals surface area contributed by atoms with Crippen LogP contribution in [0.15, 0.2) is 6.20 Å². The van der Waals surface area contributed by atoms with Gasteiger partial charge in [0.05, 0.1) is 16.9 Å². The molecule has 0 bridgehead atoms. The maximum atomic E-state index is 6.17. The molecule has 1 saturated carbocycles. The fourth-order valence-corrected chi connectivity index (χ4v) is 2.76. The van der Waals surface area contributed by atoms with E-state index >= 15 is 0 Å². The second-order valence-electron chi connectivity index (χ2n) is 5.05. The van der Waals surface area contributed by atoms with Crippen molar-refractivity contribution in [3.63, 3.8) is 0 Å². The zero-order valence-corrected chi connectivity index (χ0v) is 11.3. The van der Waals surface area contributed by atoms with Crippen LogP contribution >= 0.6 is 11.6 Å². The Hall–Kier alpha value is -0.830. The molecular formula is C13H20ClN3. The summed E-state index contributed by atoms with van der Waals surface area (Å²) in [6.45, 7) is 3.95. The van der Waals surface area contributed by atoms with E-state index in [0.717, 1.165) is 30.0 Å². The zero-order valence-electron chi connectivity index (χ0n) is 10.6. The van der Waals surface area contributed by atoms with Gasteiger partial charge in [0.2, 0.25) is 0 Å². The first-order valence-electron chi connectivity index (χ1n) is 6.30. The average Bonchev–Trinajstić information content (AvgIpc) is 2.35. The van der Waals surface area contributed by atoms with Crippen LogP contribution in [0, 0.1) is 13.8 Å². The summed E-state index contributed by atoms with van der Waals surface area (Å²) in [5.41, 5.74) is 1.91. The predicted octanol–water partition coefficient (Wildman–Crippen LogP) is 3.45. The van der Waals surface area contributed by atoms with Crippen LogP contribution < -0.4 is 5.32 Å². The van der Waals surface area contributed by atoms with Crippen LogP contribution in [0.5, 0.6) is 0 Å². The Balaban J connectivity index is 2.20. The van der Waals surface area contributed by atoms with Gasteiger partial charge in [0, 0.05) is 12.1 Å². The van der Waals surface area contributed by atoms with E-state index in [4.69, 9.17) is 11.6 Å². The van der Waals surface area contributed by atoms with Crippen molar-refractivity contribution in [3.05, 3.63) is 17.6 Å². The van der Waals surface area contributed by atoms with Gasteiger partial charge in [-0.3, -0.25) is 4.98 Å². The lowest BCUT2D eigenvalue weighted by atomic mass is 9.83. The number of nitrogens with zero attached hydrogens (tertiary/aromatic N) is 2. The minimum atomic E-state index is 0.0209. The van der Waals surface area contributed by atoms with Gasteiger partial charge in [-0.2, -0.15) is 0 Å². The first-order chi connectivity index (χ1) is 8.15. The molecule has 0 saturated heterocycles. The van der Waals surface area contributed by atoms with Crippen LogP contribution in [0.3, 0.4) is 0 Å². The molecule has 1 aromatic heterocycles. The summed E-state index contributed by atoms with van der Waals surface area (Å²) in [7, 11) is 0. The third-order valence-corrected chi connectivity index (χ3v) is 4.04. The van der Waals surface area contributed by atoms with Gasteiger partial charge in [0.25, 0.3) is 0 Å². The quantitative estimate of drug-likeness (QED) is 0.839. The summed E-state index contributed by atoms with van der Waals surface area (Å²) < 4.78 is 0. The highest BCUT2D eigenvalue weighted by Crippen LogP contribution is 2.32. The van der Waals surface area contributed by atoms with Gasteiger partial charge in [-0.25, -0.2) is 4.98 Å². The van der Waals surface area contributed by atoms with Gasteiger partial charge < -0.3 is 5.32 Å². The van der Waals surface area contributed by atoms with Crippen molar-refractivity contribution in [2.24, 2.45) is 0 Å². The lowest BCUT2D eigenvalue weighted by molar-refractivity contribution is 0.352. The average molecular weight is 254 g/mol. The maximum Gasteiger partial charge on any atom is 0.148 e. The van der Waals surface area contributed by atoms with Crippen molar-refractivity contribution in [3.8, 4) is 0 Å². The van der Waals surface area contributed by atoms with Crippen molar-refractivity contribution in [1.82, 2.24) is 9.97 Å². The van der Waals surface area contributed by atoms with Crippen molar-refractivity contribution in [1.29, 1.82) is 0 Å². The summed E-state index contributed by atoms with van der Waals surface area (Å²) in [6, 6.07) is 0. The SMILES string of the molecule is Cc1cnc(C)c(NC2(CCl)CCCCC2)n1. The van der Waals surface area contributed by atoms with Gasteiger partial charge >= 0.3 is 0 Å². The molecule has 0 atom stereocenters. The molecule has 0 unspecified atom stereocenters. The van der Waals surface area contributed by atoms with Gasteiger partial charge in [0.15, 0.2) is 0 Å². The number of hydrogen-bond acceptors (Lipinski definition) is 3. The van der Waals surface area contributed by atoms with Crippen molar-refractivity contribution in [2.45, 2.75) is 51.5 Å². The first-order valence-corrected chi connectivity index (χ1v) is 6.83. The van der Waals surface area contributed by atoms with E-state index in [1.807, 2.05) is 13.8 Å². The molecule has 1 aromatic rings. The molecule has 0 aromatic carbocycles. The molecular weight excluding hydrogens is 234 g/mol. The van der Waals surface area contributed by atoms with Crippen molar-refractivity contribution in [2.75, 3.05) is 11.2 Å². The summed E-state index contributed by atoms with van der Waals surface area (Å²) in [4.78, 5) is 8.87. The van der Waals surface area contributed by atoms with Crippen LogP contribution in [0.4, 0.5) is 5.82 Å². The molecule has 94 valence electrons. The first kappa shape index (κ1) is 12.6.